The molecule has 0 bridgehead atoms. The Morgan fingerprint density at radius 2 is 2.00 bits per heavy atom. The van der Waals surface area contributed by atoms with E-state index in [1.165, 1.54) is 0 Å². The number of hydrogen-bond acceptors (Lipinski definition) is 3. The Bertz CT molecular complexity index is 115. The zero-order valence-electron chi connectivity index (χ0n) is 4.96. The summed E-state index contributed by atoms with van der Waals surface area (Å²) in [5.74, 6) is 0. The summed E-state index contributed by atoms with van der Waals surface area (Å²) in [5, 5.41) is 0. The van der Waals surface area contributed by atoms with Gasteiger partial charge in [-0.25, -0.2) is 8.42 Å². The molecule has 0 heterocycles. The Morgan fingerprint density at radius 3 is 2.11 bits per heavy atom. The third-order valence-electron chi connectivity index (χ3n) is 0.841. The van der Waals surface area contributed by atoms with E-state index < -0.39 is 11.0 Å². The van der Waals surface area contributed by atoms with Crippen LogP contribution in [0.15, 0.2) is 0 Å². The molecule has 5 heteroatoms. The zero-order valence-corrected chi connectivity index (χ0v) is 5.85. The predicted molar refractivity (Wildman–Crippen MR) is 38.3 cm³/mol. The van der Waals surface area contributed by atoms with E-state index in [9.17, 15) is 8.42 Å². The molecule has 1 unspecified atom stereocenters. The van der Waals surface area contributed by atoms with Crippen LogP contribution in [-0.4, -0.2) is 44.1 Å². The Labute approximate surface area is 79.2 Å². The number of rotatable bonds is 3. The third-order valence-corrected chi connectivity index (χ3v) is 1.37. The van der Waals surface area contributed by atoms with Crippen LogP contribution < -0.4 is 0 Å². The van der Waals surface area contributed by atoms with Crippen molar-refractivity contribution in [3.8, 4) is 0 Å². The van der Waals surface area contributed by atoms with Gasteiger partial charge in [0.05, 0.1) is 6.10 Å². The Hall–Kier alpha value is 0.910. The van der Waals surface area contributed by atoms with Crippen LogP contribution in [0, 0.1) is 0 Å². The van der Waals surface area contributed by atoms with E-state index in [0.717, 1.165) is 6.42 Å². The standard InChI is InChI=1S/C4H10O3S.Na.H/c1-3-4(2)7-8(5)6;;/h4,8H,3H2,1-2H3;;. The van der Waals surface area contributed by atoms with Gasteiger partial charge in [0.2, 0.25) is 0 Å². The maximum atomic E-state index is 9.78. The molecule has 0 aliphatic rings. The van der Waals surface area contributed by atoms with Crippen LogP contribution in [0.1, 0.15) is 20.3 Å². The van der Waals surface area contributed by atoms with Crippen LogP contribution in [0.4, 0.5) is 0 Å². The number of hydrogen-bond donors (Lipinski definition) is 1. The second-order valence-electron chi connectivity index (χ2n) is 1.55. The molecule has 0 saturated carbocycles. The van der Waals surface area contributed by atoms with Crippen molar-refractivity contribution in [2.45, 2.75) is 26.4 Å². The SMILES string of the molecule is CCC(C)O[SH](=O)=O.[NaH]. The average molecular weight is 162 g/mol. The van der Waals surface area contributed by atoms with Crippen LogP contribution in [-0.2, 0) is 15.2 Å². The molecule has 0 aromatic carbocycles. The molecule has 0 aliphatic carbocycles. The van der Waals surface area contributed by atoms with Gasteiger partial charge in [0.15, 0.2) is 0 Å². The molecular weight excluding hydrogens is 151 g/mol. The van der Waals surface area contributed by atoms with Crippen molar-refractivity contribution in [2.24, 2.45) is 0 Å². The Balaban J connectivity index is 0. The van der Waals surface area contributed by atoms with E-state index in [1.54, 1.807) is 6.92 Å². The summed E-state index contributed by atoms with van der Waals surface area (Å²) in [7, 11) is -2.65. The first-order valence-electron chi connectivity index (χ1n) is 2.48. The molecule has 0 rings (SSSR count). The summed E-state index contributed by atoms with van der Waals surface area (Å²) in [6, 6.07) is 0. The second kappa shape index (κ2) is 7.02. The topological polar surface area (TPSA) is 43.4 Å². The third kappa shape index (κ3) is 8.91. The summed E-state index contributed by atoms with van der Waals surface area (Å²) in [4.78, 5) is 0. The van der Waals surface area contributed by atoms with Gasteiger partial charge in [-0.1, -0.05) is 6.92 Å². The predicted octanol–water partition coefficient (Wildman–Crippen LogP) is -0.321. The molecule has 0 N–H and O–H groups in total. The molecule has 0 aromatic heterocycles. The minimum absolute atomic E-state index is 0. The van der Waals surface area contributed by atoms with Gasteiger partial charge in [-0.2, -0.15) is 0 Å². The monoisotopic (exact) mass is 162 g/mol. The molecule has 3 nitrogen and oxygen atoms in total. The van der Waals surface area contributed by atoms with Gasteiger partial charge < -0.3 is 0 Å². The van der Waals surface area contributed by atoms with Gasteiger partial charge in [0.25, 0.3) is 11.0 Å². The second-order valence-corrected chi connectivity index (χ2v) is 2.21. The van der Waals surface area contributed by atoms with Crippen LogP contribution in [0.2, 0.25) is 0 Å². The van der Waals surface area contributed by atoms with E-state index >= 15 is 0 Å². The molecule has 52 valence electrons. The van der Waals surface area contributed by atoms with Gasteiger partial charge in [0.1, 0.15) is 0 Å². The van der Waals surface area contributed by atoms with E-state index in [-0.39, 0.29) is 35.7 Å². The Morgan fingerprint density at radius 1 is 1.56 bits per heavy atom. The van der Waals surface area contributed by atoms with Gasteiger partial charge in [0, 0.05) is 0 Å². The molecule has 9 heavy (non-hydrogen) atoms. The van der Waals surface area contributed by atoms with E-state index in [4.69, 9.17) is 0 Å². The molecule has 0 aromatic rings. The fourth-order valence-corrected chi connectivity index (χ4v) is 0.664. The molecule has 0 fully saturated rings. The average Bonchev–Trinajstić information content (AvgIpc) is 1.65. The van der Waals surface area contributed by atoms with Crippen LogP contribution in [0.3, 0.4) is 0 Å². The number of thiol groups is 1. The van der Waals surface area contributed by atoms with Crippen molar-refractivity contribution in [1.82, 2.24) is 0 Å². The molecule has 0 amide bonds. The first-order chi connectivity index (χ1) is 3.66. The van der Waals surface area contributed by atoms with Crippen LogP contribution in [0.5, 0.6) is 0 Å². The summed E-state index contributed by atoms with van der Waals surface area (Å²) < 4.78 is 23.9. The van der Waals surface area contributed by atoms with Crippen molar-refractivity contribution in [1.29, 1.82) is 0 Å². The summed E-state index contributed by atoms with van der Waals surface area (Å²) in [6.07, 6.45) is 0.555. The molecular formula is C4H11NaO3S. The molecule has 0 aliphatic heterocycles. The summed E-state index contributed by atoms with van der Waals surface area (Å²) in [5.41, 5.74) is 0. The summed E-state index contributed by atoms with van der Waals surface area (Å²) in [6.45, 7) is 3.58. The van der Waals surface area contributed by atoms with Gasteiger partial charge in [-0.15, -0.1) is 0 Å². The van der Waals surface area contributed by atoms with Gasteiger partial charge in [-0.3, -0.25) is 4.18 Å². The first-order valence-corrected chi connectivity index (χ1v) is 3.57. The first kappa shape index (κ1) is 12.6. The van der Waals surface area contributed by atoms with Crippen molar-refractivity contribution in [3.05, 3.63) is 0 Å². The van der Waals surface area contributed by atoms with Crippen molar-refractivity contribution in [3.63, 3.8) is 0 Å². The van der Waals surface area contributed by atoms with E-state index in [1.807, 2.05) is 6.92 Å². The normalized spacial score (nSPS) is 12.8. The molecule has 0 saturated heterocycles. The van der Waals surface area contributed by atoms with E-state index in [2.05, 4.69) is 4.18 Å². The van der Waals surface area contributed by atoms with Crippen molar-refractivity contribution >= 4 is 40.5 Å². The fourth-order valence-electron chi connectivity index (χ4n) is 0.221. The summed E-state index contributed by atoms with van der Waals surface area (Å²) >= 11 is 0. The minimum atomic E-state index is -2.65. The zero-order chi connectivity index (χ0) is 6.57. The Kier molecular flexibility index (Phi) is 9.81. The van der Waals surface area contributed by atoms with Crippen molar-refractivity contribution < 1.29 is 12.6 Å². The molecule has 1 atom stereocenters. The van der Waals surface area contributed by atoms with Crippen molar-refractivity contribution in [2.75, 3.05) is 0 Å². The molecule has 0 radical (unpaired) electrons. The van der Waals surface area contributed by atoms with Gasteiger partial charge in [-0.05, 0) is 13.3 Å². The molecule has 0 spiro atoms. The fraction of sp³-hybridized carbons (Fsp3) is 1.00. The maximum absolute atomic E-state index is 9.78. The van der Waals surface area contributed by atoms with Gasteiger partial charge >= 0.3 is 29.6 Å². The van der Waals surface area contributed by atoms with Crippen LogP contribution in [0.25, 0.3) is 0 Å². The van der Waals surface area contributed by atoms with Crippen LogP contribution >= 0.6 is 0 Å². The quantitative estimate of drug-likeness (QED) is 0.457. The van der Waals surface area contributed by atoms with E-state index in [0.29, 0.717) is 0 Å².